The van der Waals surface area contributed by atoms with Gasteiger partial charge in [-0.3, -0.25) is 4.72 Å². The van der Waals surface area contributed by atoms with Crippen LogP contribution >= 0.6 is 11.3 Å². The largest absolute Gasteiger partial charge is 0.314 e. The van der Waals surface area contributed by atoms with E-state index < -0.39 is 10.0 Å². The van der Waals surface area contributed by atoms with Crippen LogP contribution in [-0.4, -0.2) is 31.7 Å². The van der Waals surface area contributed by atoms with Gasteiger partial charge in [-0.15, -0.1) is 11.3 Å². The van der Waals surface area contributed by atoms with Gasteiger partial charge in [0.15, 0.2) is 0 Å². The van der Waals surface area contributed by atoms with Crippen LogP contribution < -0.4 is 10.0 Å². The Labute approximate surface area is 128 Å². The number of nitrogens with zero attached hydrogens (tertiary/aromatic N) is 1. The number of hydrogen-bond donors (Lipinski definition) is 2. The lowest BCUT2D eigenvalue weighted by atomic mass is 10.0. The zero-order chi connectivity index (χ0) is 14.7. The van der Waals surface area contributed by atoms with Crippen LogP contribution in [0, 0.1) is 0 Å². The topological polar surface area (TPSA) is 71.1 Å². The van der Waals surface area contributed by atoms with Gasteiger partial charge in [-0.1, -0.05) is 6.42 Å². The monoisotopic (exact) mass is 325 g/mol. The number of piperidine rings is 1. The van der Waals surface area contributed by atoms with Gasteiger partial charge < -0.3 is 5.32 Å². The van der Waals surface area contributed by atoms with Crippen LogP contribution in [-0.2, 0) is 10.0 Å². The highest BCUT2D eigenvalue weighted by atomic mass is 32.2. The van der Waals surface area contributed by atoms with E-state index in [0.29, 0.717) is 18.2 Å². The van der Waals surface area contributed by atoms with Crippen LogP contribution in [0.3, 0.4) is 0 Å². The standard InChI is InChI=1S/C14H19N3O2S2/c18-21(19,8-6-11-3-1-2-7-15-11)17-12-4-5-13-14(9-12)20-10-16-13/h4-5,9-11,15,17H,1-3,6-8H2. The quantitative estimate of drug-likeness (QED) is 0.886. The number of nitrogens with one attached hydrogen (secondary N) is 2. The molecule has 3 rings (SSSR count). The van der Waals surface area contributed by atoms with E-state index in [4.69, 9.17) is 0 Å². The molecule has 2 N–H and O–H groups in total. The van der Waals surface area contributed by atoms with E-state index in [1.165, 1.54) is 24.2 Å². The first kappa shape index (κ1) is 14.7. The summed E-state index contributed by atoms with van der Waals surface area (Å²) >= 11 is 1.51. The Hall–Kier alpha value is -1.18. The van der Waals surface area contributed by atoms with Crippen LogP contribution in [0.1, 0.15) is 25.7 Å². The Morgan fingerprint density at radius 2 is 2.29 bits per heavy atom. The minimum Gasteiger partial charge on any atom is -0.314 e. The summed E-state index contributed by atoms with van der Waals surface area (Å²) in [6, 6.07) is 5.77. The first-order valence-electron chi connectivity index (χ1n) is 7.19. The summed E-state index contributed by atoms with van der Waals surface area (Å²) in [4.78, 5) is 4.19. The molecule has 1 atom stereocenters. The van der Waals surface area contributed by atoms with Crippen LogP contribution in [0.4, 0.5) is 5.69 Å². The van der Waals surface area contributed by atoms with E-state index in [9.17, 15) is 8.42 Å². The Bertz CT molecular complexity index is 706. The van der Waals surface area contributed by atoms with Crippen molar-refractivity contribution >= 4 is 37.3 Å². The summed E-state index contributed by atoms with van der Waals surface area (Å²) in [6.45, 7) is 1.00. The lowest BCUT2D eigenvalue weighted by molar-refractivity contribution is 0.393. The maximum Gasteiger partial charge on any atom is 0.232 e. The fourth-order valence-corrected chi connectivity index (χ4v) is 4.52. The molecule has 2 aromatic rings. The number of benzene rings is 1. The number of aromatic nitrogens is 1. The third-order valence-corrected chi connectivity index (χ3v) is 5.86. The number of hydrogen-bond acceptors (Lipinski definition) is 5. The van der Waals surface area contributed by atoms with E-state index in [-0.39, 0.29) is 5.75 Å². The van der Waals surface area contributed by atoms with Gasteiger partial charge in [0, 0.05) is 6.04 Å². The molecule has 0 amide bonds. The summed E-state index contributed by atoms with van der Waals surface area (Å²) < 4.78 is 28.0. The average molecular weight is 325 g/mol. The second-order valence-corrected chi connectivity index (χ2v) is 8.12. The van der Waals surface area contributed by atoms with Gasteiger partial charge in [0.1, 0.15) is 0 Å². The molecule has 1 aliphatic rings. The van der Waals surface area contributed by atoms with Crippen LogP contribution in [0.25, 0.3) is 10.2 Å². The molecular weight excluding hydrogens is 306 g/mol. The van der Waals surface area contributed by atoms with Crippen molar-refractivity contribution in [3.8, 4) is 0 Å². The summed E-state index contributed by atoms with van der Waals surface area (Å²) in [5.74, 6) is 0.158. The van der Waals surface area contributed by atoms with E-state index >= 15 is 0 Å². The molecule has 0 spiro atoms. The summed E-state index contributed by atoms with van der Waals surface area (Å²) in [5.41, 5.74) is 3.27. The van der Waals surface area contributed by atoms with Crippen molar-refractivity contribution in [3.05, 3.63) is 23.7 Å². The minimum atomic E-state index is -3.29. The Balaban J connectivity index is 1.61. The number of anilines is 1. The number of thiazole rings is 1. The maximum absolute atomic E-state index is 12.2. The molecule has 1 aliphatic heterocycles. The highest BCUT2D eigenvalue weighted by molar-refractivity contribution is 7.92. The van der Waals surface area contributed by atoms with Gasteiger partial charge in [-0.05, 0) is 44.0 Å². The predicted octanol–water partition coefficient (Wildman–Crippen LogP) is 2.57. The van der Waals surface area contributed by atoms with Crippen LogP contribution in [0.5, 0.6) is 0 Å². The van der Waals surface area contributed by atoms with E-state index in [1.54, 1.807) is 11.6 Å². The third kappa shape index (κ3) is 3.93. The van der Waals surface area contributed by atoms with Crippen LogP contribution in [0.15, 0.2) is 23.7 Å². The molecule has 1 aromatic heterocycles. The zero-order valence-corrected chi connectivity index (χ0v) is 13.3. The minimum absolute atomic E-state index is 0.158. The van der Waals surface area contributed by atoms with Gasteiger partial charge in [-0.25, -0.2) is 13.4 Å². The van der Waals surface area contributed by atoms with Crippen molar-refractivity contribution in [2.45, 2.75) is 31.7 Å². The first-order valence-corrected chi connectivity index (χ1v) is 9.73. The van der Waals surface area contributed by atoms with Crippen molar-refractivity contribution in [2.75, 3.05) is 17.0 Å². The number of rotatable bonds is 5. The van der Waals surface area contributed by atoms with Crippen molar-refractivity contribution in [1.82, 2.24) is 10.3 Å². The maximum atomic E-state index is 12.2. The molecule has 1 saturated heterocycles. The Kier molecular flexibility index (Phi) is 4.42. The van der Waals surface area contributed by atoms with E-state index in [1.807, 2.05) is 12.1 Å². The van der Waals surface area contributed by atoms with E-state index in [2.05, 4.69) is 15.0 Å². The molecule has 1 fully saturated rings. The second-order valence-electron chi connectivity index (χ2n) is 5.39. The molecule has 7 heteroatoms. The summed E-state index contributed by atoms with van der Waals surface area (Å²) in [5, 5.41) is 3.38. The molecule has 1 unspecified atom stereocenters. The zero-order valence-electron chi connectivity index (χ0n) is 11.7. The number of sulfonamides is 1. The third-order valence-electron chi connectivity index (χ3n) is 3.75. The lowest BCUT2D eigenvalue weighted by Crippen LogP contribution is -2.36. The lowest BCUT2D eigenvalue weighted by Gasteiger charge is -2.23. The van der Waals surface area contributed by atoms with Gasteiger partial charge in [-0.2, -0.15) is 0 Å². The second kappa shape index (κ2) is 6.29. The highest BCUT2D eigenvalue weighted by Crippen LogP contribution is 2.22. The Morgan fingerprint density at radius 3 is 3.10 bits per heavy atom. The van der Waals surface area contributed by atoms with Gasteiger partial charge in [0.25, 0.3) is 0 Å². The molecule has 0 bridgehead atoms. The van der Waals surface area contributed by atoms with Gasteiger partial charge >= 0.3 is 0 Å². The van der Waals surface area contributed by atoms with Gasteiger partial charge in [0.2, 0.25) is 10.0 Å². The summed E-state index contributed by atoms with van der Waals surface area (Å²) in [6.07, 6.45) is 4.12. The van der Waals surface area contributed by atoms with Crippen molar-refractivity contribution < 1.29 is 8.42 Å². The van der Waals surface area contributed by atoms with E-state index in [0.717, 1.165) is 23.2 Å². The normalized spacial score (nSPS) is 19.7. The highest BCUT2D eigenvalue weighted by Gasteiger charge is 2.17. The van der Waals surface area contributed by atoms with Crippen molar-refractivity contribution in [2.24, 2.45) is 0 Å². The molecule has 114 valence electrons. The SMILES string of the molecule is O=S(=O)(CCC1CCCCN1)Nc1ccc2ncsc2c1. The molecule has 21 heavy (non-hydrogen) atoms. The molecule has 0 saturated carbocycles. The fraction of sp³-hybridized carbons (Fsp3) is 0.500. The molecule has 0 aliphatic carbocycles. The molecule has 5 nitrogen and oxygen atoms in total. The average Bonchev–Trinajstić information content (AvgIpc) is 2.93. The Morgan fingerprint density at radius 1 is 1.38 bits per heavy atom. The summed E-state index contributed by atoms with van der Waals surface area (Å²) in [7, 11) is -3.29. The van der Waals surface area contributed by atoms with Gasteiger partial charge in [0.05, 0.1) is 27.2 Å². The first-order chi connectivity index (χ1) is 10.1. The molecular formula is C14H19N3O2S2. The molecule has 0 radical (unpaired) electrons. The fourth-order valence-electron chi connectivity index (χ4n) is 2.62. The smallest absolute Gasteiger partial charge is 0.232 e. The molecule has 1 aromatic carbocycles. The van der Waals surface area contributed by atoms with Crippen LogP contribution in [0.2, 0.25) is 0 Å². The molecule has 2 heterocycles. The van der Waals surface area contributed by atoms with Crippen molar-refractivity contribution in [1.29, 1.82) is 0 Å². The van der Waals surface area contributed by atoms with Crippen molar-refractivity contribution in [3.63, 3.8) is 0 Å². The number of fused-ring (bicyclic) bond motifs is 1. The predicted molar refractivity (Wildman–Crippen MR) is 87.3 cm³/mol.